The Hall–Kier alpha value is -2.68. The van der Waals surface area contributed by atoms with Gasteiger partial charge in [-0.05, 0) is 30.7 Å². The molecule has 3 heteroatoms. The van der Waals surface area contributed by atoms with E-state index in [0.29, 0.717) is 5.75 Å². The lowest BCUT2D eigenvalue weighted by Crippen LogP contribution is -2.00. The van der Waals surface area contributed by atoms with Crippen molar-refractivity contribution in [1.29, 1.82) is 0 Å². The maximum absolute atomic E-state index is 10.8. The van der Waals surface area contributed by atoms with E-state index in [9.17, 15) is 9.59 Å². The smallest absolute Gasteiger partial charge is 0.308 e. The van der Waals surface area contributed by atoms with Crippen LogP contribution in [0, 0.1) is 0 Å². The van der Waals surface area contributed by atoms with Gasteiger partial charge >= 0.3 is 5.97 Å². The molecule has 0 aromatic heterocycles. The fourth-order valence-electron chi connectivity index (χ4n) is 1.43. The number of esters is 1. The molecule has 0 amide bonds. The van der Waals surface area contributed by atoms with Crippen molar-refractivity contribution in [3.63, 3.8) is 0 Å². The van der Waals surface area contributed by atoms with Crippen molar-refractivity contribution in [3.8, 4) is 5.75 Å². The molecule has 0 radical (unpaired) electrons. The van der Waals surface area contributed by atoms with Crippen LogP contribution in [0.25, 0.3) is 6.08 Å². The maximum Gasteiger partial charge on any atom is 0.308 e. The zero-order chi connectivity index (χ0) is 15.5. The highest BCUT2D eigenvalue weighted by atomic mass is 16.5. The molecule has 0 spiro atoms. The Morgan fingerprint density at radius 3 is 2.00 bits per heavy atom. The molecule has 0 aliphatic rings. The number of allylic oxidation sites excluding steroid dienone is 7. The van der Waals surface area contributed by atoms with Crippen molar-refractivity contribution in [2.75, 3.05) is 0 Å². The molecule has 1 aromatic rings. The van der Waals surface area contributed by atoms with Crippen LogP contribution >= 0.6 is 0 Å². The summed E-state index contributed by atoms with van der Waals surface area (Å²) in [6.45, 7) is 2.88. The summed E-state index contributed by atoms with van der Waals surface area (Å²) in [5.74, 6) is 0.239. The van der Waals surface area contributed by atoms with Gasteiger partial charge in [0.2, 0.25) is 0 Å². The van der Waals surface area contributed by atoms with Crippen molar-refractivity contribution in [3.05, 3.63) is 72.4 Å². The molecule has 0 fully saturated rings. The van der Waals surface area contributed by atoms with Crippen LogP contribution in [0.4, 0.5) is 0 Å². The predicted molar refractivity (Wildman–Crippen MR) is 84.9 cm³/mol. The molecule has 0 N–H and O–H groups in total. The highest BCUT2D eigenvalue weighted by molar-refractivity contribution is 5.87. The standard InChI is InChI=1S/C18H18O3/c1-15(19)9-7-5-3-4-6-8-10-17-11-13-18(14-12-17)21-16(2)20/h3-14H,1-2H3. The lowest BCUT2D eigenvalue weighted by molar-refractivity contribution is -0.131. The van der Waals surface area contributed by atoms with Crippen LogP contribution in [0.15, 0.2) is 66.8 Å². The number of carbonyl (C=O) groups is 2. The third-order valence-electron chi connectivity index (χ3n) is 2.32. The molecular formula is C18H18O3. The van der Waals surface area contributed by atoms with E-state index in [1.165, 1.54) is 19.9 Å². The summed E-state index contributed by atoms with van der Waals surface area (Å²) in [7, 11) is 0. The van der Waals surface area contributed by atoms with Gasteiger partial charge in [0, 0.05) is 6.92 Å². The van der Waals surface area contributed by atoms with Gasteiger partial charge in [-0.15, -0.1) is 0 Å². The minimum Gasteiger partial charge on any atom is -0.427 e. The van der Waals surface area contributed by atoms with E-state index in [0.717, 1.165) is 5.56 Å². The first-order valence-electron chi connectivity index (χ1n) is 6.55. The number of ketones is 1. The van der Waals surface area contributed by atoms with Crippen LogP contribution in [-0.4, -0.2) is 11.8 Å². The Morgan fingerprint density at radius 2 is 1.43 bits per heavy atom. The van der Waals surface area contributed by atoms with E-state index >= 15 is 0 Å². The summed E-state index contributed by atoms with van der Waals surface area (Å²) in [6.07, 6.45) is 14.4. The highest BCUT2D eigenvalue weighted by Crippen LogP contribution is 2.13. The largest absolute Gasteiger partial charge is 0.427 e. The highest BCUT2D eigenvalue weighted by Gasteiger charge is 1.96. The molecule has 0 atom stereocenters. The molecule has 0 unspecified atom stereocenters. The number of rotatable bonds is 6. The molecule has 21 heavy (non-hydrogen) atoms. The molecule has 0 bridgehead atoms. The molecule has 0 aliphatic carbocycles. The SMILES string of the molecule is CC(=O)C=CC=CC=CC=Cc1ccc(OC(C)=O)cc1. The molecular weight excluding hydrogens is 264 g/mol. The lowest BCUT2D eigenvalue weighted by Gasteiger charge is -2.00. The molecule has 0 saturated heterocycles. The molecule has 3 nitrogen and oxygen atoms in total. The Morgan fingerprint density at radius 1 is 0.857 bits per heavy atom. The van der Waals surface area contributed by atoms with Crippen molar-refractivity contribution >= 4 is 17.8 Å². The normalized spacial score (nSPS) is 11.9. The van der Waals surface area contributed by atoms with Crippen LogP contribution in [0.3, 0.4) is 0 Å². The summed E-state index contributed by atoms with van der Waals surface area (Å²) < 4.78 is 4.95. The lowest BCUT2D eigenvalue weighted by atomic mass is 10.2. The zero-order valence-corrected chi connectivity index (χ0v) is 12.2. The first-order chi connectivity index (χ1) is 10.1. The van der Waals surface area contributed by atoms with E-state index < -0.39 is 0 Å². The first-order valence-corrected chi connectivity index (χ1v) is 6.55. The van der Waals surface area contributed by atoms with Gasteiger partial charge in [-0.1, -0.05) is 54.7 Å². The molecule has 1 aromatic carbocycles. The van der Waals surface area contributed by atoms with Crippen LogP contribution in [0.2, 0.25) is 0 Å². The van der Waals surface area contributed by atoms with Crippen LogP contribution in [0.5, 0.6) is 5.75 Å². The minimum absolute atomic E-state index is 0.0284. The Labute approximate surface area is 124 Å². The molecule has 0 aliphatic heterocycles. The third-order valence-corrected chi connectivity index (χ3v) is 2.32. The van der Waals surface area contributed by atoms with Gasteiger partial charge < -0.3 is 4.74 Å². The fraction of sp³-hybridized carbons (Fsp3) is 0.111. The van der Waals surface area contributed by atoms with Crippen molar-refractivity contribution in [2.24, 2.45) is 0 Å². The second-order valence-corrected chi connectivity index (χ2v) is 4.26. The number of hydrogen-bond donors (Lipinski definition) is 0. The number of ether oxygens (including phenoxy) is 1. The minimum atomic E-state index is -0.327. The van der Waals surface area contributed by atoms with E-state index in [4.69, 9.17) is 4.74 Å². The van der Waals surface area contributed by atoms with Crippen molar-refractivity contribution < 1.29 is 14.3 Å². The number of carbonyl (C=O) groups excluding carboxylic acids is 2. The third kappa shape index (κ3) is 8.16. The summed E-state index contributed by atoms with van der Waals surface area (Å²) in [5.41, 5.74) is 1.01. The fourth-order valence-corrected chi connectivity index (χ4v) is 1.43. The van der Waals surface area contributed by atoms with E-state index in [2.05, 4.69) is 0 Å². The molecule has 1 rings (SSSR count). The van der Waals surface area contributed by atoms with Crippen LogP contribution < -0.4 is 4.74 Å². The second-order valence-electron chi connectivity index (χ2n) is 4.26. The van der Waals surface area contributed by atoms with E-state index in [1.807, 2.05) is 42.5 Å². The first kappa shape index (κ1) is 16.4. The quantitative estimate of drug-likeness (QED) is 0.344. The second kappa shape index (κ2) is 9.26. The van der Waals surface area contributed by atoms with Gasteiger partial charge in [-0.3, -0.25) is 9.59 Å². The average Bonchev–Trinajstić information content (AvgIpc) is 2.42. The van der Waals surface area contributed by atoms with Crippen molar-refractivity contribution in [1.82, 2.24) is 0 Å². The topological polar surface area (TPSA) is 43.4 Å². The van der Waals surface area contributed by atoms with Gasteiger partial charge in [-0.2, -0.15) is 0 Å². The van der Waals surface area contributed by atoms with E-state index in [-0.39, 0.29) is 11.8 Å². The summed E-state index contributed by atoms with van der Waals surface area (Å²) in [4.78, 5) is 21.4. The van der Waals surface area contributed by atoms with Crippen LogP contribution in [0.1, 0.15) is 19.4 Å². The number of hydrogen-bond acceptors (Lipinski definition) is 3. The van der Waals surface area contributed by atoms with Gasteiger partial charge in [0.1, 0.15) is 5.75 Å². The molecule has 0 saturated carbocycles. The van der Waals surface area contributed by atoms with Crippen LogP contribution in [-0.2, 0) is 9.59 Å². The molecule has 0 heterocycles. The molecule has 108 valence electrons. The van der Waals surface area contributed by atoms with Gasteiger partial charge in [-0.25, -0.2) is 0 Å². The number of benzene rings is 1. The maximum atomic E-state index is 10.8. The Kier molecular flexibility index (Phi) is 7.22. The zero-order valence-electron chi connectivity index (χ0n) is 12.2. The van der Waals surface area contributed by atoms with Gasteiger partial charge in [0.15, 0.2) is 5.78 Å². The Bertz CT molecular complexity index is 587. The summed E-state index contributed by atoms with van der Waals surface area (Å²) in [5, 5.41) is 0. The Balaban J connectivity index is 2.46. The van der Waals surface area contributed by atoms with Gasteiger partial charge in [0.05, 0.1) is 0 Å². The summed E-state index contributed by atoms with van der Waals surface area (Å²) in [6, 6.07) is 7.23. The average molecular weight is 282 g/mol. The van der Waals surface area contributed by atoms with E-state index in [1.54, 1.807) is 24.3 Å². The monoisotopic (exact) mass is 282 g/mol. The summed E-state index contributed by atoms with van der Waals surface area (Å²) >= 11 is 0. The van der Waals surface area contributed by atoms with Crippen molar-refractivity contribution in [2.45, 2.75) is 13.8 Å². The predicted octanol–water partition coefficient (Wildman–Crippen LogP) is 3.88. The van der Waals surface area contributed by atoms with Gasteiger partial charge in [0.25, 0.3) is 0 Å².